The number of carbonyl (C=O) groups excluding carboxylic acids is 1. The van der Waals surface area contributed by atoms with Crippen molar-refractivity contribution in [3.05, 3.63) is 63.6 Å². The molecular weight excluding hydrogens is 462 g/mol. The molecule has 1 amide bonds. The molecule has 3 rings (SSSR count). The monoisotopic (exact) mass is 479 g/mol. The van der Waals surface area contributed by atoms with E-state index in [1.54, 1.807) is 0 Å². The van der Waals surface area contributed by atoms with E-state index in [1.807, 2.05) is 55.5 Å². The molecule has 0 bridgehead atoms. The summed E-state index contributed by atoms with van der Waals surface area (Å²) in [7, 11) is 0. The molecule has 0 aliphatic rings. The van der Waals surface area contributed by atoms with Crippen molar-refractivity contribution in [1.29, 1.82) is 0 Å². The first kappa shape index (κ1) is 20.7. The zero-order valence-electron chi connectivity index (χ0n) is 15.1. The van der Waals surface area contributed by atoms with Gasteiger partial charge in [0.15, 0.2) is 5.82 Å². The fourth-order valence-electron chi connectivity index (χ4n) is 2.68. The highest BCUT2D eigenvalue weighted by Crippen LogP contribution is 2.28. The second-order valence-electron chi connectivity index (χ2n) is 6.02. The van der Waals surface area contributed by atoms with E-state index < -0.39 is 0 Å². The molecule has 2 aromatic carbocycles. The van der Waals surface area contributed by atoms with E-state index in [2.05, 4.69) is 31.4 Å². The number of aromatic nitrogens is 3. The molecule has 9 heteroatoms. The Balaban J connectivity index is 1.63. The van der Waals surface area contributed by atoms with Gasteiger partial charge in [-0.1, -0.05) is 70.5 Å². The van der Waals surface area contributed by atoms with Gasteiger partial charge in [0.05, 0.1) is 11.8 Å². The minimum Gasteiger partial charge on any atom is -0.349 e. The molecule has 1 heterocycles. The highest BCUT2D eigenvalue weighted by atomic mass is 79.9. The fourth-order valence-corrected chi connectivity index (χ4v) is 3.94. The number of benzene rings is 2. The largest absolute Gasteiger partial charge is 0.349 e. The van der Waals surface area contributed by atoms with Gasteiger partial charge < -0.3 is 11.2 Å². The van der Waals surface area contributed by atoms with Gasteiger partial charge in [-0.05, 0) is 36.2 Å². The molecule has 28 heavy (non-hydrogen) atoms. The third-order valence-electron chi connectivity index (χ3n) is 4.13. The van der Waals surface area contributed by atoms with Gasteiger partial charge in [-0.25, -0.2) is 4.68 Å². The summed E-state index contributed by atoms with van der Waals surface area (Å²) in [4.78, 5) is 12.4. The van der Waals surface area contributed by atoms with Crippen molar-refractivity contribution in [3.63, 3.8) is 0 Å². The van der Waals surface area contributed by atoms with Crippen molar-refractivity contribution in [2.45, 2.75) is 24.5 Å². The lowest BCUT2D eigenvalue weighted by molar-refractivity contribution is -0.119. The maximum Gasteiger partial charge on any atom is 0.230 e. The number of hydrogen-bond donors (Lipinski definition) is 2. The number of halogens is 2. The Morgan fingerprint density at radius 3 is 2.64 bits per heavy atom. The molecule has 0 fully saturated rings. The molecule has 0 radical (unpaired) electrons. The van der Waals surface area contributed by atoms with E-state index >= 15 is 0 Å². The average Bonchev–Trinajstić information content (AvgIpc) is 3.06. The van der Waals surface area contributed by atoms with Gasteiger partial charge in [-0.2, -0.15) is 0 Å². The lowest BCUT2D eigenvalue weighted by Crippen LogP contribution is -2.29. The van der Waals surface area contributed by atoms with Crippen LogP contribution in [0, 0.1) is 0 Å². The van der Waals surface area contributed by atoms with Crippen LogP contribution in [0.2, 0.25) is 5.02 Å². The molecule has 0 saturated carbocycles. The minimum atomic E-state index is -0.0998. The Morgan fingerprint density at radius 2 is 1.96 bits per heavy atom. The maximum absolute atomic E-state index is 12.4. The predicted octanol–water partition coefficient (Wildman–Crippen LogP) is 4.43. The first-order chi connectivity index (χ1) is 13.5. The fraction of sp³-hybridized carbons (Fsp3) is 0.211. The van der Waals surface area contributed by atoms with Gasteiger partial charge in [-0.3, -0.25) is 4.79 Å². The van der Waals surface area contributed by atoms with Crippen LogP contribution < -0.4 is 11.2 Å². The summed E-state index contributed by atoms with van der Waals surface area (Å²) in [5, 5.41) is 12.4. The van der Waals surface area contributed by atoms with E-state index in [9.17, 15) is 4.79 Å². The number of nitrogens with two attached hydrogens (primary N) is 1. The van der Waals surface area contributed by atoms with Crippen LogP contribution in [0.15, 0.2) is 58.2 Å². The minimum absolute atomic E-state index is 0.0723. The Bertz CT molecular complexity index is 963. The Hall–Kier alpha value is -2.03. The number of nitrogens with one attached hydrogen (secondary N) is 1. The molecule has 1 atom stereocenters. The molecule has 3 aromatic rings. The summed E-state index contributed by atoms with van der Waals surface area (Å²) < 4.78 is 2.27. The molecule has 3 N–H and O–H groups in total. The standard InChI is InChI=1S/C19H19BrClN5OS/c1-2-16(12-7-9-13(21)10-8-12)23-17(27)11-28-19-25-24-18(26(19)22)14-5-3-4-6-15(14)20/h3-10,16H,2,11,22H2,1H3,(H,23,27). The Labute approximate surface area is 181 Å². The lowest BCUT2D eigenvalue weighted by Gasteiger charge is -2.17. The maximum atomic E-state index is 12.4. The van der Waals surface area contributed by atoms with Gasteiger partial charge in [-0.15, -0.1) is 10.2 Å². The third-order valence-corrected chi connectivity index (χ3v) is 6.01. The number of amides is 1. The van der Waals surface area contributed by atoms with Gasteiger partial charge in [0.2, 0.25) is 11.1 Å². The van der Waals surface area contributed by atoms with E-state index in [0.717, 1.165) is 22.0 Å². The van der Waals surface area contributed by atoms with Crippen LogP contribution in [0.25, 0.3) is 11.4 Å². The van der Waals surface area contributed by atoms with Crippen molar-refractivity contribution in [2.75, 3.05) is 11.6 Å². The first-order valence-electron chi connectivity index (χ1n) is 8.62. The van der Waals surface area contributed by atoms with Crippen LogP contribution in [0.5, 0.6) is 0 Å². The molecule has 1 unspecified atom stereocenters. The van der Waals surface area contributed by atoms with Crippen LogP contribution in [0.1, 0.15) is 24.9 Å². The van der Waals surface area contributed by atoms with Crippen molar-refractivity contribution < 1.29 is 4.79 Å². The van der Waals surface area contributed by atoms with Crippen LogP contribution in [0.3, 0.4) is 0 Å². The highest BCUT2D eigenvalue weighted by Gasteiger charge is 2.17. The summed E-state index contributed by atoms with van der Waals surface area (Å²) in [5.74, 6) is 6.75. The third kappa shape index (κ3) is 4.87. The van der Waals surface area contributed by atoms with Crippen molar-refractivity contribution in [1.82, 2.24) is 20.2 Å². The van der Waals surface area contributed by atoms with Crippen LogP contribution in [0.4, 0.5) is 0 Å². The summed E-state index contributed by atoms with van der Waals surface area (Å²) in [5.41, 5.74) is 1.85. The molecule has 1 aromatic heterocycles. The van der Waals surface area contributed by atoms with E-state index in [0.29, 0.717) is 16.0 Å². The number of nitrogens with zero attached hydrogens (tertiary/aromatic N) is 3. The number of hydrogen-bond acceptors (Lipinski definition) is 5. The highest BCUT2D eigenvalue weighted by molar-refractivity contribution is 9.10. The van der Waals surface area contributed by atoms with E-state index in [4.69, 9.17) is 17.4 Å². The SMILES string of the molecule is CCC(NC(=O)CSc1nnc(-c2ccccc2Br)n1N)c1ccc(Cl)cc1. The Kier molecular flexibility index (Phi) is 6.98. The first-order valence-corrected chi connectivity index (χ1v) is 10.8. The smallest absolute Gasteiger partial charge is 0.230 e. The number of thioether (sulfide) groups is 1. The van der Waals surface area contributed by atoms with Crippen molar-refractivity contribution in [2.24, 2.45) is 0 Å². The van der Waals surface area contributed by atoms with Crippen molar-refractivity contribution in [3.8, 4) is 11.4 Å². The molecule has 146 valence electrons. The molecule has 0 aliphatic heterocycles. The number of rotatable bonds is 7. The quantitative estimate of drug-likeness (QED) is 0.386. The normalized spacial score (nSPS) is 12.0. The molecular formula is C19H19BrClN5OS. The molecule has 0 spiro atoms. The predicted molar refractivity (Wildman–Crippen MR) is 117 cm³/mol. The van der Waals surface area contributed by atoms with E-state index in [1.165, 1.54) is 16.4 Å². The van der Waals surface area contributed by atoms with Crippen LogP contribution >= 0.6 is 39.3 Å². The zero-order valence-corrected chi connectivity index (χ0v) is 18.3. The summed E-state index contributed by atoms with van der Waals surface area (Å²) in [6.45, 7) is 2.02. The van der Waals surface area contributed by atoms with Gasteiger partial charge in [0.25, 0.3) is 0 Å². The van der Waals surface area contributed by atoms with Gasteiger partial charge in [0.1, 0.15) is 0 Å². The molecule has 0 saturated heterocycles. The van der Waals surface area contributed by atoms with Gasteiger partial charge in [0, 0.05) is 15.1 Å². The number of nitrogen functional groups attached to an aromatic ring is 1. The second-order valence-corrected chi connectivity index (χ2v) is 8.26. The zero-order chi connectivity index (χ0) is 20.1. The van der Waals surface area contributed by atoms with Crippen molar-refractivity contribution >= 4 is 45.2 Å². The van der Waals surface area contributed by atoms with Crippen LogP contribution in [-0.4, -0.2) is 26.5 Å². The summed E-state index contributed by atoms with van der Waals surface area (Å²) in [6, 6.07) is 15.0. The topological polar surface area (TPSA) is 85.8 Å². The van der Waals surface area contributed by atoms with Crippen LogP contribution in [-0.2, 0) is 4.79 Å². The lowest BCUT2D eigenvalue weighted by atomic mass is 10.0. The second kappa shape index (κ2) is 9.45. The summed E-state index contributed by atoms with van der Waals surface area (Å²) in [6.07, 6.45) is 0.775. The molecule has 6 nitrogen and oxygen atoms in total. The summed E-state index contributed by atoms with van der Waals surface area (Å²) >= 11 is 10.7. The number of carbonyl (C=O) groups is 1. The Morgan fingerprint density at radius 1 is 1.25 bits per heavy atom. The average molecular weight is 481 g/mol. The van der Waals surface area contributed by atoms with E-state index in [-0.39, 0.29) is 17.7 Å². The van der Waals surface area contributed by atoms with Gasteiger partial charge >= 0.3 is 0 Å². The molecule has 0 aliphatic carbocycles.